The molecule has 0 aliphatic carbocycles. The first-order chi connectivity index (χ1) is 10.2. The molecule has 0 aliphatic rings. The van der Waals surface area contributed by atoms with Crippen LogP contribution in [0.4, 0.5) is 0 Å². The van der Waals surface area contributed by atoms with Gasteiger partial charge in [0.1, 0.15) is 5.82 Å². The van der Waals surface area contributed by atoms with Crippen LogP contribution in [0, 0.1) is 6.92 Å². The third-order valence-electron chi connectivity index (χ3n) is 3.73. The van der Waals surface area contributed by atoms with E-state index in [0.29, 0.717) is 11.4 Å². The third-order valence-corrected chi connectivity index (χ3v) is 3.73. The van der Waals surface area contributed by atoms with Gasteiger partial charge in [0.15, 0.2) is 0 Å². The fraction of sp³-hybridized carbons (Fsp3) is 0.0588. The molecule has 2 aromatic carbocycles. The van der Waals surface area contributed by atoms with Crippen molar-refractivity contribution in [2.24, 2.45) is 0 Å². The van der Waals surface area contributed by atoms with Crippen LogP contribution in [0.25, 0.3) is 33.3 Å². The number of nitrogens with zero attached hydrogens (tertiary/aromatic N) is 1. The molecule has 102 valence electrons. The fourth-order valence-corrected chi connectivity index (χ4v) is 2.64. The molecule has 0 spiro atoms. The van der Waals surface area contributed by atoms with Crippen LogP contribution in [-0.4, -0.2) is 15.0 Å². The van der Waals surface area contributed by atoms with Crippen molar-refractivity contribution in [3.63, 3.8) is 0 Å². The Balaban J connectivity index is 2.01. The van der Waals surface area contributed by atoms with Gasteiger partial charge in [0.25, 0.3) is 5.56 Å². The molecule has 0 bridgehead atoms. The van der Waals surface area contributed by atoms with Gasteiger partial charge in [0.05, 0.1) is 22.1 Å². The highest BCUT2D eigenvalue weighted by Gasteiger charge is 2.10. The Kier molecular flexibility index (Phi) is 2.44. The third kappa shape index (κ3) is 1.84. The van der Waals surface area contributed by atoms with Gasteiger partial charge in [-0.25, -0.2) is 4.98 Å². The summed E-state index contributed by atoms with van der Waals surface area (Å²) in [5, 5.41) is 1.00. The average Bonchev–Trinajstić information content (AvgIpc) is 2.91. The Bertz CT molecular complexity index is 994. The highest BCUT2D eigenvalue weighted by Crippen LogP contribution is 2.21. The summed E-state index contributed by atoms with van der Waals surface area (Å²) in [5.41, 5.74) is 4.15. The summed E-state index contributed by atoms with van der Waals surface area (Å²) in [6.07, 6.45) is 0. The van der Waals surface area contributed by atoms with Gasteiger partial charge in [-0.05, 0) is 36.1 Å². The Morgan fingerprint density at radius 3 is 2.71 bits per heavy atom. The lowest BCUT2D eigenvalue weighted by molar-refractivity contribution is 1.24. The first-order valence-electron chi connectivity index (χ1n) is 6.80. The molecule has 2 aromatic heterocycles. The van der Waals surface area contributed by atoms with E-state index >= 15 is 0 Å². The van der Waals surface area contributed by atoms with Crippen molar-refractivity contribution in [1.82, 2.24) is 15.0 Å². The van der Waals surface area contributed by atoms with E-state index in [-0.39, 0.29) is 5.56 Å². The summed E-state index contributed by atoms with van der Waals surface area (Å²) in [7, 11) is 0. The number of imidazole rings is 1. The Hall–Kier alpha value is -2.88. The second kappa shape index (κ2) is 4.31. The molecule has 2 heterocycles. The molecule has 4 aromatic rings. The fourth-order valence-electron chi connectivity index (χ4n) is 2.64. The largest absolute Gasteiger partial charge is 0.338 e. The number of benzene rings is 2. The van der Waals surface area contributed by atoms with Gasteiger partial charge in [-0.3, -0.25) is 4.79 Å². The summed E-state index contributed by atoms with van der Waals surface area (Å²) >= 11 is 0. The SMILES string of the molecule is Cc1cccc2cc(-c3nc4ccccc4[nH]3)c(=O)[nH]c12. The summed E-state index contributed by atoms with van der Waals surface area (Å²) in [6, 6.07) is 15.6. The monoisotopic (exact) mass is 275 g/mol. The molecule has 0 radical (unpaired) electrons. The molecule has 0 fully saturated rings. The number of hydrogen-bond acceptors (Lipinski definition) is 2. The number of rotatable bonds is 1. The number of nitrogens with one attached hydrogen (secondary N) is 2. The van der Waals surface area contributed by atoms with Crippen LogP contribution < -0.4 is 5.56 Å². The smallest absolute Gasteiger partial charge is 0.259 e. The number of para-hydroxylation sites is 3. The van der Waals surface area contributed by atoms with Gasteiger partial charge in [0, 0.05) is 0 Å². The molecule has 4 heteroatoms. The highest BCUT2D eigenvalue weighted by atomic mass is 16.1. The minimum absolute atomic E-state index is 0.129. The van der Waals surface area contributed by atoms with Crippen molar-refractivity contribution in [2.45, 2.75) is 6.92 Å². The molecule has 0 amide bonds. The summed E-state index contributed by atoms with van der Waals surface area (Å²) < 4.78 is 0. The van der Waals surface area contributed by atoms with Crippen LogP contribution in [0.5, 0.6) is 0 Å². The maximum Gasteiger partial charge on any atom is 0.259 e. The predicted molar refractivity (Wildman–Crippen MR) is 84.4 cm³/mol. The van der Waals surface area contributed by atoms with Crippen molar-refractivity contribution < 1.29 is 0 Å². The van der Waals surface area contributed by atoms with E-state index in [1.807, 2.05) is 55.5 Å². The number of aromatic amines is 2. The maximum atomic E-state index is 12.3. The summed E-state index contributed by atoms with van der Waals surface area (Å²) in [4.78, 5) is 23.0. The van der Waals surface area contributed by atoms with Crippen LogP contribution in [0.2, 0.25) is 0 Å². The van der Waals surface area contributed by atoms with Crippen molar-refractivity contribution >= 4 is 21.9 Å². The van der Waals surface area contributed by atoms with Gasteiger partial charge < -0.3 is 9.97 Å². The molecular weight excluding hydrogens is 262 g/mol. The number of pyridine rings is 1. The highest BCUT2D eigenvalue weighted by molar-refractivity contribution is 5.86. The second-order valence-corrected chi connectivity index (χ2v) is 5.15. The first kappa shape index (κ1) is 11.9. The molecule has 0 unspecified atom stereocenters. The van der Waals surface area contributed by atoms with E-state index in [2.05, 4.69) is 15.0 Å². The minimum Gasteiger partial charge on any atom is -0.338 e. The van der Waals surface area contributed by atoms with Gasteiger partial charge in [-0.1, -0.05) is 30.3 Å². The molecule has 4 nitrogen and oxygen atoms in total. The van der Waals surface area contributed by atoms with Crippen molar-refractivity contribution in [2.75, 3.05) is 0 Å². The lowest BCUT2D eigenvalue weighted by atomic mass is 10.1. The van der Waals surface area contributed by atoms with Crippen LogP contribution in [0.1, 0.15) is 5.56 Å². The summed E-state index contributed by atoms with van der Waals surface area (Å²) in [6.45, 7) is 1.99. The van der Waals surface area contributed by atoms with Gasteiger partial charge in [-0.2, -0.15) is 0 Å². The molecule has 0 aliphatic heterocycles. The lowest BCUT2D eigenvalue weighted by Crippen LogP contribution is -2.10. The van der Waals surface area contributed by atoms with Crippen molar-refractivity contribution in [1.29, 1.82) is 0 Å². The summed E-state index contributed by atoms with van der Waals surface area (Å²) in [5.74, 6) is 0.598. The van der Waals surface area contributed by atoms with E-state index in [1.54, 1.807) is 0 Å². The number of hydrogen-bond donors (Lipinski definition) is 2. The Morgan fingerprint density at radius 2 is 1.86 bits per heavy atom. The molecule has 0 saturated heterocycles. The van der Waals surface area contributed by atoms with Crippen LogP contribution in [0.15, 0.2) is 53.3 Å². The minimum atomic E-state index is -0.129. The van der Waals surface area contributed by atoms with Crippen LogP contribution in [-0.2, 0) is 0 Å². The first-order valence-corrected chi connectivity index (χ1v) is 6.80. The standard InChI is InChI=1S/C17H13N3O/c1-10-5-4-6-11-9-12(17(21)20-15(10)11)16-18-13-7-2-3-8-14(13)19-16/h2-9H,1H3,(H,18,19)(H,20,21). The molecule has 2 N–H and O–H groups in total. The predicted octanol–water partition coefficient (Wildman–Crippen LogP) is 3.38. The van der Waals surface area contributed by atoms with Gasteiger partial charge >= 0.3 is 0 Å². The quantitative estimate of drug-likeness (QED) is 0.559. The van der Waals surface area contributed by atoms with Gasteiger partial charge in [0.2, 0.25) is 0 Å². The van der Waals surface area contributed by atoms with Crippen LogP contribution >= 0.6 is 0 Å². The van der Waals surface area contributed by atoms with Crippen molar-refractivity contribution in [3.05, 3.63) is 64.4 Å². The van der Waals surface area contributed by atoms with E-state index in [4.69, 9.17) is 0 Å². The zero-order valence-corrected chi connectivity index (χ0v) is 11.5. The maximum absolute atomic E-state index is 12.3. The zero-order valence-electron chi connectivity index (χ0n) is 11.5. The number of aromatic nitrogens is 3. The molecule has 4 rings (SSSR count). The Labute approximate surface area is 120 Å². The number of H-pyrrole nitrogens is 2. The molecule has 21 heavy (non-hydrogen) atoms. The molecule has 0 saturated carbocycles. The van der Waals surface area contributed by atoms with E-state index in [1.165, 1.54) is 0 Å². The zero-order chi connectivity index (χ0) is 14.4. The number of aryl methyl sites for hydroxylation is 1. The second-order valence-electron chi connectivity index (χ2n) is 5.15. The normalized spacial score (nSPS) is 11.3. The van der Waals surface area contributed by atoms with E-state index < -0.39 is 0 Å². The average molecular weight is 275 g/mol. The lowest BCUT2D eigenvalue weighted by Gasteiger charge is -2.03. The van der Waals surface area contributed by atoms with Crippen LogP contribution in [0.3, 0.4) is 0 Å². The van der Waals surface area contributed by atoms with Crippen molar-refractivity contribution in [3.8, 4) is 11.4 Å². The number of fused-ring (bicyclic) bond motifs is 2. The molecular formula is C17H13N3O. The van der Waals surface area contributed by atoms with Gasteiger partial charge in [-0.15, -0.1) is 0 Å². The topological polar surface area (TPSA) is 61.5 Å². The van der Waals surface area contributed by atoms with E-state index in [9.17, 15) is 4.79 Å². The molecule has 0 atom stereocenters. The Morgan fingerprint density at radius 1 is 1.00 bits per heavy atom. The van der Waals surface area contributed by atoms with E-state index in [0.717, 1.165) is 27.5 Å².